The van der Waals surface area contributed by atoms with Crippen molar-refractivity contribution in [3.05, 3.63) is 0 Å². The Kier molecular flexibility index (Phi) is 14.4. The summed E-state index contributed by atoms with van der Waals surface area (Å²) in [6, 6.07) is 0.597. The zero-order valence-corrected chi connectivity index (χ0v) is 15.9. The van der Waals surface area contributed by atoms with Crippen LogP contribution in [0.3, 0.4) is 0 Å². The summed E-state index contributed by atoms with van der Waals surface area (Å²) >= 11 is 0. The molecule has 0 spiro atoms. The molecule has 0 aromatic heterocycles. The molecule has 21 heavy (non-hydrogen) atoms. The molecule has 0 aliphatic heterocycles. The van der Waals surface area contributed by atoms with Crippen LogP contribution in [-0.2, 0) is 4.79 Å². The van der Waals surface area contributed by atoms with Crippen LogP contribution in [0.2, 0.25) is 0 Å². The molecule has 0 saturated carbocycles. The summed E-state index contributed by atoms with van der Waals surface area (Å²) in [5.41, 5.74) is 0. The van der Waals surface area contributed by atoms with Gasteiger partial charge in [0.05, 0.1) is 6.54 Å². The number of likely N-dealkylation sites (N-methyl/N-ethyl adjacent to an activating group) is 3. The van der Waals surface area contributed by atoms with E-state index < -0.39 is 0 Å². The van der Waals surface area contributed by atoms with Crippen LogP contribution in [0.25, 0.3) is 0 Å². The van der Waals surface area contributed by atoms with Crippen LogP contribution in [0.5, 0.6) is 0 Å². The molecule has 0 N–H and O–H groups in total. The van der Waals surface area contributed by atoms with Crippen molar-refractivity contribution in [2.75, 3.05) is 53.9 Å². The van der Waals surface area contributed by atoms with Crippen LogP contribution in [-0.4, -0.2) is 80.4 Å². The Balaban J connectivity index is 0. The molecule has 0 amide bonds. The molecule has 0 heterocycles. The number of Topliss-reactive ketones (excluding diaryl/α,β-unsaturated/α-hetero) is 1. The van der Waals surface area contributed by atoms with E-state index in [1.807, 2.05) is 34.7 Å². The third kappa shape index (κ3) is 13.0. The van der Waals surface area contributed by atoms with Gasteiger partial charge in [0.15, 0.2) is 0 Å². The van der Waals surface area contributed by atoms with Crippen molar-refractivity contribution in [1.29, 1.82) is 0 Å². The van der Waals surface area contributed by atoms with Gasteiger partial charge < -0.3 is 9.80 Å². The fourth-order valence-electron chi connectivity index (χ4n) is 1.57. The molecule has 0 bridgehead atoms. The van der Waals surface area contributed by atoms with E-state index in [1.54, 1.807) is 0 Å². The zero-order chi connectivity index (χ0) is 17.0. The van der Waals surface area contributed by atoms with Crippen LogP contribution in [0.1, 0.15) is 41.5 Å². The summed E-state index contributed by atoms with van der Waals surface area (Å²) in [6.07, 6.45) is 0. The number of hydrogen-bond acceptors (Lipinski definition) is 4. The maximum atomic E-state index is 11.6. The highest BCUT2D eigenvalue weighted by Gasteiger charge is 2.11. The quantitative estimate of drug-likeness (QED) is 0.619. The van der Waals surface area contributed by atoms with Crippen LogP contribution < -0.4 is 0 Å². The molecule has 0 aliphatic rings. The fraction of sp³-hybridized carbons (Fsp3) is 0.941. The lowest BCUT2D eigenvalue weighted by Crippen LogP contribution is -2.39. The lowest BCUT2D eigenvalue weighted by atomic mass is 10.1. The van der Waals surface area contributed by atoms with Gasteiger partial charge >= 0.3 is 0 Å². The number of rotatable bonds is 10. The molecule has 0 radical (unpaired) electrons. The maximum Gasteiger partial charge on any atom is 0.149 e. The fourth-order valence-corrected chi connectivity index (χ4v) is 1.57. The van der Waals surface area contributed by atoms with Crippen LogP contribution in [0, 0.1) is 5.92 Å². The Morgan fingerprint density at radius 1 is 0.810 bits per heavy atom. The lowest BCUT2D eigenvalue weighted by molar-refractivity contribution is -0.122. The molecule has 4 heteroatoms. The van der Waals surface area contributed by atoms with Gasteiger partial charge in [-0.1, -0.05) is 27.7 Å². The number of nitrogens with zero attached hydrogens (tertiary/aromatic N) is 3. The standard InChI is InChI=1S/C15H33N3O.C2H6/c1-13(2)15(19)12-17(6)9-8-16(5)10-11-18(7)14(3)4;1-2/h13-14H,8-12H2,1-7H3;1-2H3. The molecular formula is C17H39N3O. The second kappa shape index (κ2) is 13.2. The summed E-state index contributed by atoms with van der Waals surface area (Å²) in [5, 5.41) is 0. The van der Waals surface area contributed by atoms with Crippen molar-refractivity contribution in [2.45, 2.75) is 47.6 Å². The highest BCUT2D eigenvalue weighted by atomic mass is 16.1. The Morgan fingerprint density at radius 2 is 1.24 bits per heavy atom. The minimum atomic E-state index is 0.139. The van der Waals surface area contributed by atoms with E-state index in [2.05, 4.69) is 42.6 Å². The average Bonchev–Trinajstić information content (AvgIpc) is 2.44. The predicted octanol–water partition coefficient (Wildman–Crippen LogP) is 2.44. The van der Waals surface area contributed by atoms with Gasteiger partial charge in [-0.15, -0.1) is 0 Å². The van der Waals surface area contributed by atoms with E-state index in [4.69, 9.17) is 0 Å². The monoisotopic (exact) mass is 301 g/mol. The Labute approximate surface area is 133 Å². The first-order valence-corrected chi connectivity index (χ1v) is 8.34. The van der Waals surface area contributed by atoms with E-state index in [-0.39, 0.29) is 5.92 Å². The van der Waals surface area contributed by atoms with Crippen LogP contribution in [0.15, 0.2) is 0 Å². The number of carbonyl (C=O) groups is 1. The van der Waals surface area contributed by atoms with E-state index in [9.17, 15) is 4.79 Å². The summed E-state index contributed by atoms with van der Waals surface area (Å²) in [4.78, 5) is 18.4. The summed E-state index contributed by atoms with van der Waals surface area (Å²) in [5.74, 6) is 0.463. The van der Waals surface area contributed by atoms with Crippen molar-refractivity contribution in [1.82, 2.24) is 14.7 Å². The summed E-state index contributed by atoms with van der Waals surface area (Å²) in [7, 11) is 6.33. The maximum absolute atomic E-state index is 11.6. The van der Waals surface area contributed by atoms with E-state index >= 15 is 0 Å². The zero-order valence-electron chi connectivity index (χ0n) is 15.9. The molecule has 128 valence electrons. The van der Waals surface area contributed by atoms with Gasteiger partial charge in [-0.25, -0.2) is 0 Å². The van der Waals surface area contributed by atoms with E-state index in [1.165, 1.54) is 0 Å². The van der Waals surface area contributed by atoms with Gasteiger partial charge in [0.1, 0.15) is 5.78 Å². The van der Waals surface area contributed by atoms with Crippen LogP contribution in [0.4, 0.5) is 0 Å². The second-order valence-corrected chi connectivity index (χ2v) is 6.24. The van der Waals surface area contributed by atoms with Gasteiger partial charge in [-0.3, -0.25) is 9.69 Å². The Hall–Kier alpha value is -0.450. The lowest BCUT2D eigenvalue weighted by Gasteiger charge is -2.26. The van der Waals surface area contributed by atoms with Crippen LogP contribution >= 0.6 is 0 Å². The third-order valence-electron chi connectivity index (χ3n) is 3.65. The molecule has 0 saturated heterocycles. The van der Waals surface area contributed by atoms with E-state index in [0.717, 1.165) is 26.2 Å². The first kappa shape index (κ1) is 22.8. The first-order valence-electron chi connectivity index (χ1n) is 8.34. The van der Waals surface area contributed by atoms with Crippen molar-refractivity contribution in [3.63, 3.8) is 0 Å². The molecule has 0 rings (SSSR count). The minimum absolute atomic E-state index is 0.139. The van der Waals surface area contributed by atoms with Crippen molar-refractivity contribution >= 4 is 5.78 Å². The number of hydrogen-bond donors (Lipinski definition) is 0. The van der Waals surface area contributed by atoms with Gasteiger partial charge in [0, 0.05) is 38.1 Å². The molecular weight excluding hydrogens is 262 g/mol. The number of ketones is 1. The summed E-state index contributed by atoms with van der Waals surface area (Å²) < 4.78 is 0. The summed E-state index contributed by atoms with van der Waals surface area (Å²) in [6.45, 7) is 17.0. The highest BCUT2D eigenvalue weighted by molar-refractivity contribution is 5.82. The third-order valence-corrected chi connectivity index (χ3v) is 3.65. The Morgan fingerprint density at radius 3 is 1.67 bits per heavy atom. The van der Waals surface area contributed by atoms with E-state index in [0.29, 0.717) is 18.4 Å². The van der Waals surface area contributed by atoms with Gasteiger partial charge in [-0.2, -0.15) is 0 Å². The smallest absolute Gasteiger partial charge is 0.149 e. The van der Waals surface area contributed by atoms with Crippen molar-refractivity contribution in [2.24, 2.45) is 5.92 Å². The SMILES string of the molecule is CC.CC(C)C(=O)CN(C)CCN(C)CCN(C)C(C)C. The van der Waals surface area contributed by atoms with Gasteiger partial charge in [0.25, 0.3) is 0 Å². The number of carbonyl (C=O) groups excluding carboxylic acids is 1. The first-order chi connectivity index (χ1) is 9.73. The molecule has 0 aromatic carbocycles. The molecule has 0 aromatic rings. The van der Waals surface area contributed by atoms with Gasteiger partial charge in [0.2, 0.25) is 0 Å². The van der Waals surface area contributed by atoms with Crippen molar-refractivity contribution in [3.8, 4) is 0 Å². The molecule has 4 nitrogen and oxygen atoms in total. The second-order valence-electron chi connectivity index (χ2n) is 6.24. The minimum Gasteiger partial charge on any atom is -0.304 e. The highest BCUT2D eigenvalue weighted by Crippen LogP contribution is 1.97. The molecule has 0 atom stereocenters. The molecule has 0 aliphatic carbocycles. The topological polar surface area (TPSA) is 26.8 Å². The predicted molar refractivity (Wildman–Crippen MR) is 94.0 cm³/mol. The molecule has 0 fully saturated rings. The normalized spacial score (nSPS) is 11.5. The molecule has 0 unspecified atom stereocenters. The largest absolute Gasteiger partial charge is 0.304 e. The van der Waals surface area contributed by atoms with Gasteiger partial charge in [-0.05, 0) is 35.0 Å². The van der Waals surface area contributed by atoms with Crippen molar-refractivity contribution < 1.29 is 4.79 Å². The Bertz CT molecular complexity index is 254. The average molecular weight is 302 g/mol.